The minimum Gasteiger partial charge on any atom is -0.349 e. The van der Waals surface area contributed by atoms with E-state index >= 15 is 0 Å². The van der Waals surface area contributed by atoms with Crippen LogP contribution < -0.4 is 5.32 Å². The third kappa shape index (κ3) is 4.20. The predicted molar refractivity (Wildman–Crippen MR) is 108 cm³/mol. The largest absolute Gasteiger partial charge is 0.349 e. The molecule has 2 atom stereocenters. The molecule has 3 rings (SSSR count). The summed E-state index contributed by atoms with van der Waals surface area (Å²) in [5, 5.41) is 3.17. The number of nitrogens with one attached hydrogen (secondary N) is 1. The molecule has 0 fully saturated rings. The van der Waals surface area contributed by atoms with Gasteiger partial charge in [0.1, 0.15) is 0 Å². The molecular weight excluding hydrogens is 318 g/mol. The van der Waals surface area contributed by atoms with Crippen LogP contribution in [0.2, 0.25) is 0 Å². The van der Waals surface area contributed by atoms with E-state index in [-0.39, 0.29) is 17.9 Å². The molecule has 3 aromatic rings. The second-order valence-corrected chi connectivity index (χ2v) is 6.59. The lowest BCUT2D eigenvalue weighted by molar-refractivity contribution is -0.123. The summed E-state index contributed by atoms with van der Waals surface area (Å²) in [5.74, 6) is -0.0272. The summed E-state index contributed by atoms with van der Waals surface area (Å²) >= 11 is 0. The Balaban J connectivity index is 1.69. The van der Waals surface area contributed by atoms with Crippen molar-refractivity contribution in [3.8, 4) is 11.1 Å². The van der Waals surface area contributed by atoms with Crippen molar-refractivity contribution in [1.82, 2.24) is 5.32 Å². The number of carbonyl (C=O) groups excluding carboxylic acids is 1. The van der Waals surface area contributed by atoms with Crippen molar-refractivity contribution in [2.75, 3.05) is 0 Å². The van der Waals surface area contributed by atoms with Gasteiger partial charge >= 0.3 is 0 Å². The van der Waals surface area contributed by atoms with Crippen LogP contribution in [-0.4, -0.2) is 5.91 Å². The molecule has 3 aromatic carbocycles. The molecule has 2 nitrogen and oxygen atoms in total. The van der Waals surface area contributed by atoms with Crippen molar-refractivity contribution in [3.05, 3.63) is 96.1 Å². The minimum atomic E-state index is -0.109. The molecule has 0 radical (unpaired) electrons. The van der Waals surface area contributed by atoms with Gasteiger partial charge in [0.15, 0.2) is 0 Å². The lowest BCUT2D eigenvalue weighted by Gasteiger charge is -2.20. The maximum atomic E-state index is 12.7. The first-order valence-electron chi connectivity index (χ1n) is 9.19. The van der Waals surface area contributed by atoms with Crippen molar-refractivity contribution >= 4 is 5.91 Å². The Morgan fingerprint density at radius 1 is 0.769 bits per heavy atom. The van der Waals surface area contributed by atoms with Crippen LogP contribution in [0.15, 0.2) is 84.9 Å². The highest BCUT2D eigenvalue weighted by molar-refractivity contribution is 5.84. The molecule has 1 N–H and O–H groups in total. The standard InChI is InChI=1S/C24H25NO/c1-3-23(22-12-8-5-9-13-22)24(26)25-18(2)19-14-16-21(17-15-19)20-10-6-4-7-11-20/h4-18,23H,3H2,1-2H3,(H,25,26)/t18-,23-/m0/s1. The first kappa shape index (κ1) is 17.9. The third-order valence-corrected chi connectivity index (χ3v) is 4.80. The molecule has 2 heteroatoms. The Labute approximate surface area is 155 Å². The fourth-order valence-electron chi connectivity index (χ4n) is 3.25. The van der Waals surface area contributed by atoms with E-state index in [1.807, 2.05) is 55.5 Å². The van der Waals surface area contributed by atoms with Crippen molar-refractivity contribution in [2.24, 2.45) is 0 Å². The van der Waals surface area contributed by atoms with Gasteiger partial charge in [0.05, 0.1) is 12.0 Å². The van der Waals surface area contributed by atoms with Crippen molar-refractivity contribution in [3.63, 3.8) is 0 Å². The van der Waals surface area contributed by atoms with Crippen LogP contribution in [-0.2, 0) is 4.79 Å². The van der Waals surface area contributed by atoms with Crippen molar-refractivity contribution < 1.29 is 4.79 Å². The number of hydrogen-bond donors (Lipinski definition) is 1. The zero-order valence-corrected chi connectivity index (χ0v) is 15.4. The lowest BCUT2D eigenvalue weighted by atomic mass is 9.95. The van der Waals surface area contributed by atoms with Gasteiger partial charge < -0.3 is 5.32 Å². The van der Waals surface area contributed by atoms with Gasteiger partial charge in [-0.15, -0.1) is 0 Å². The van der Waals surface area contributed by atoms with Crippen molar-refractivity contribution in [2.45, 2.75) is 32.2 Å². The summed E-state index contributed by atoms with van der Waals surface area (Å²) < 4.78 is 0. The molecule has 0 aliphatic heterocycles. The van der Waals surface area contributed by atoms with Gasteiger partial charge in [0.2, 0.25) is 5.91 Å². The SMILES string of the molecule is CC[C@H](C(=O)N[C@@H](C)c1ccc(-c2ccccc2)cc1)c1ccccc1. The van der Waals surface area contributed by atoms with E-state index in [4.69, 9.17) is 0 Å². The maximum absolute atomic E-state index is 12.7. The van der Waals surface area contributed by atoms with Crippen LogP contribution in [0.4, 0.5) is 0 Å². The second kappa shape index (κ2) is 8.48. The fourth-order valence-corrected chi connectivity index (χ4v) is 3.25. The Kier molecular flexibility index (Phi) is 5.85. The van der Waals surface area contributed by atoms with E-state index in [2.05, 4.69) is 48.6 Å². The highest BCUT2D eigenvalue weighted by Gasteiger charge is 2.20. The first-order valence-corrected chi connectivity index (χ1v) is 9.19. The second-order valence-electron chi connectivity index (χ2n) is 6.59. The van der Waals surface area contributed by atoms with Crippen LogP contribution in [0.3, 0.4) is 0 Å². The molecule has 0 aromatic heterocycles. The van der Waals surface area contributed by atoms with Crippen LogP contribution in [0.25, 0.3) is 11.1 Å². The Bertz CT molecular complexity index is 825. The van der Waals surface area contributed by atoms with Crippen LogP contribution >= 0.6 is 0 Å². The number of amides is 1. The molecule has 0 aliphatic carbocycles. The Morgan fingerprint density at radius 3 is 1.88 bits per heavy atom. The highest BCUT2D eigenvalue weighted by Crippen LogP contribution is 2.24. The van der Waals surface area contributed by atoms with E-state index in [0.29, 0.717) is 0 Å². The number of hydrogen-bond acceptors (Lipinski definition) is 1. The minimum absolute atomic E-state index is 0.0231. The molecule has 0 aliphatic rings. The van der Waals surface area contributed by atoms with Crippen LogP contribution in [0, 0.1) is 0 Å². The van der Waals surface area contributed by atoms with Gasteiger partial charge in [0, 0.05) is 0 Å². The smallest absolute Gasteiger partial charge is 0.228 e. The van der Waals surface area contributed by atoms with E-state index in [1.165, 1.54) is 11.1 Å². The van der Waals surface area contributed by atoms with Gasteiger partial charge in [-0.1, -0.05) is 91.9 Å². The highest BCUT2D eigenvalue weighted by atomic mass is 16.1. The van der Waals surface area contributed by atoms with Gasteiger partial charge in [-0.25, -0.2) is 0 Å². The molecule has 132 valence electrons. The monoisotopic (exact) mass is 343 g/mol. The molecule has 0 heterocycles. The predicted octanol–water partition coefficient (Wildman–Crippen LogP) is 5.72. The molecule has 0 unspecified atom stereocenters. The maximum Gasteiger partial charge on any atom is 0.228 e. The van der Waals surface area contributed by atoms with E-state index in [0.717, 1.165) is 17.5 Å². The van der Waals surface area contributed by atoms with Crippen molar-refractivity contribution in [1.29, 1.82) is 0 Å². The van der Waals surface area contributed by atoms with E-state index in [9.17, 15) is 4.79 Å². The summed E-state index contributed by atoms with van der Waals surface area (Å²) in [6.45, 7) is 4.09. The zero-order chi connectivity index (χ0) is 18.4. The average Bonchev–Trinajstić information content (AvgIpc) is 2.70. The van der Waals surface area contributed by atoms with E-state index in [1.54, 1.807) is 0 Å². The summed E-state index contributed by atoms with van der Waals surface area (Å²) in [7, 11) is 0. The number of rotatable bonds is 6. The summed E-state index contributed by atoms with van der Waals surface area (Å²) in [6, 6.07) is 28.7. The molecule has 1 amide bonds. The topological polar surface area (TPSA) is 29.1 Å². The zero-order valence-electron chi connectivity index (χ0n) is 15.4. The molecule has 0 saturated carbocycles. The lowest BCUT2D eigenvalue weighted by Crippen LogP contribution is -2.31. The normalized spacial score (nSPS) is 13.0. The van der Waals surface area contributed by atoms with Gasteiger partial charge in [-0.2, -0.15) is 0 Å². The summed E-state index contributed by atoms with van der Waals surface area (Å²) in [4.78, 5) is 12.7. The third-order valence-electron chi connectivity index (χ3n) is 4.80. The van der Waals surface area contributed by atoms with Gasteiger partial charge in [-0.05, 0) is 35.6 Å². The Morgan fingerprint density at radius 2 is 1.31 bits per heavy atom. The Hall–Kier alpha value is -2.87. The van der Waals surface area contributed by atoms with Gasteiger partial charge in [-0.3, -0.25) is 4.79 Å². The molecule has 0 saturated heterocycles. The summed E-state index contributed by atoms with van der Waals surface area (Å²) in [6.07, 6.45) is 0.787. The fraction of sp³-hybridized carbons (Fsp3) is 0.208. The van der Waals surface area contributed by atoms with E-state index < -0.39 is 0 Å². The molecule has 0 bridgehead atoms. The van der Waals surface area contributed by atoms with Crippen LogP contribution in [0.5, 0.6) is 0 Å². The quantitative estimate of drug-likeness (QED) is 0.609. The number of carbonyl (C=O) groups is 1. The molecule has 0 spiro atoms. The first-order chi connectivity index (χ1) is 12.7. The van der Waals surface area contributed by atoms with Crippen LogP contribution in [0.1, 0.15) is 43.4 Å². The average molecular weight is 343 g/mol. The molecule has 26 heavy (non-hydrogen) atoms. The number of benzene rings is 3. The summed E-state index contributed by atoms with van der Waals surface area (Å²) in [5.41, 5.74) is 4.56. The molecular formula is C24H25NO. The van der Waals surface area contributed by atoms with Gasteiger partial charge in [0.25, 0.3) is 0 Å².